The summed E-state index contributed by atoms with van der Waals surface area (Å²) >= 11 is 0. The Kier molecular flexibility index (Phi) is 4.81. The largest absolute Gasteiger partial charge is 0.339 e. The summed E-state index contributed by atoms with van der Waals surface area (Å²) in [5.74, 6) is 0.196. The molecule has 0 radical (unpaired) electrons. The van der Waals surface area contributed by atoms with Gasteiger partial charge in [-0.25, -0.2) is 12.9 Å². The Labute approximate surface area is 169 Å². The van der Waals surface area contributed by atoms with Gasteiger partial charge in [-0.1, -0.05) is 6.07 Å². The van der Waals surface area contributed by atoms with Crippen molar-refractivity contribution in [2.75, 3.05) is 17.8 Å². The zero-order valence-corrected chi connectivity index (χ0v) is 17.5. The standard InChI is InChI=1S/C19H24N6O3S/c1-13-18(14(2)23(3)21-13)29(27,28)22-17-9-7-8-16-15(12-20-25(16)17)19(26)24-10-5-4-6-11-24/h7-9,12,22H,4-6,10-11H2,1-3H3. The molecule has 10 heteroatoms. The molecule has 3 aromatic heterocycles. The molecule has 1 fully saturated rings. The van der Waals surface area contributed by atoms with Crippen LogP contribution in [-0.2, 0) is 17.1 Å². The number of fused-ring (bicyclic) bond motifs is 1. The summed E-state index contributed by atoms with van der Waals surface area (Å²) in [7, 11) is -2.16. The quantitative estimate of drug-likeness (QED) is 0.702. The Morgan fingerprint density at radius 3 is 2.52 bits per heavy atom. The van der Waals surface area contributed by atoms with Crippen molar-refractivity contribution in [1.82, 2.24) is 24.3 Å². The summed E-state index contributed by atoms with van der Waals surface area (Å²) in [6.07, 6.45) is 4.64. The monoisotopic (exact) mass is 416 g/mol. The third-order valence-electron chi connectivity index (χ3n) is 5.37. The van der Waals surface area contributed by atoms with Crippen molar-refractivity contribution < 1.29 is 13.2 Å². The molecule has 0 aromatic carbocycles. The van der Waals surface area contributed by atoms with Gasteiger partial charge in [0.05, 0.1) is 28.7 Å². The molecule has 154 valence electrons. The summed E-state index contributed by atoms with van der Waals surface area (Å²) < 4.78 is 31.6. The van der Waals surface area contributed by atoms with Gasteiger partial charge in [0.1, 0.15) is 10.7 Å². The van der Waals surface area contributed by atoms with Gasteiger partial charge in [0, 0.05) is 20.1 Å². The number of hydrogen-bond acceptors (Lipinski definition) is 5. The number of anilines is 1. The molecule has 29 heavy (non-hydrogen) atoms. The lowest BCUT2D eigenvalue weighted by molar-refractivity contribution is 0.0726. The second-order valence-corrected chi connectivity index (χ2v) is 8.97. The van der Waals surface area contributed by atoms with Crippen LogP contribution in [0.15, 0.2) is 29.3 Å². The van der Waals surface area contributed by atoms with Crippen LogP contribution in [0.4, 0.5) is 5.82 Å². The first-order valence-corrected chi connectivity index (χ1v) is 11.1. The molecule has 0 aliphatic carbocycles. The molecule has 9 nitrogen and oxygen atoms in total. The van der Waals surface area contributed by atoms with E-state index < -0.39 is 10.0 Å². The van der Waals surface area contributed by atoms with Crippen molar-refractivity contribution in [3.63, 3.8) is 0 Å². The van der Waals surface area contributed by atoms with Gasteiger partial charge >= 0.3 is 0 Å². The number of hydrogen-bond donors (Lipinski definition) is 1. The van der Waals surface area contributed by atoms with Gasteiger partial charge in [-0.3, -0.25) is 14.2 Å². The van der Waals surface area contributed by atoms with Gasteiger partial charge in [0.2, 0.25) is 0 Å². The van der Waals surface area contributed by atoms with Crippen molar-refractivity contribution >= 4 is 27.3 Å². The zero-order chi connectivity index (χ0) is 20.8. The second kappa shape index (κ2) is 7.18. The van der Waals surface area contributed by atoms with Crippen molar-refractivity contribution in [2.24, 2.45) is 7.05 Å². The smallest absolute Gasteiger partial charge is 0.266 e. The predicted octanol–water partition coefficient (Wildman–Crippen LogP) is 2.11. The maximum atomic E-state index is 13.0. The minimum Gasteiger partial charge on any atom is -0.339 e. The van der Waals surface area contributed by atoms with E-state index in [1.165, 1.54) is 15.4 Å². The average molecular weight is 417 g/mol. The third-order valence-corrected chi connectivity index (χ3v) is 6.97. The molecule has 0 unspecified atom stereocenters. The molecular formula is C19H24N6O3S. The Balaban J connectivity index is 1.70. The average Bonchev–Trinajstić information content (AvgIpc) is 3.23. The maximum absolute atomic E-state index is 13.0. The highest BCUT2D eigenvalue weighted by Gasteiger charge is 2.26. The number of piperidine rings is 1. The number of sulfonamides is 1. The molecule has 1 amide bonds. The van der Waals surface area contributed by atoms with Crippen LogP contribution in [0.5, 0.6) is 0 Å². The Hall–Kier alpha value is -2.88. The molecule has 3 aromatic rings. The number of aryl methyl sites for hydroxylation is 2. The van der Waals surface area contributed by atoms with Crippen molar-refractivity contribution in [3.05, 3.63) is 41.3 Å². The van der Waals surface area contributed by atoms with E-state index in [1.807, 2.05) is 4.90 Å². The minimum atomic E-state index is -3.87. The molecule has 4 rings (SSSR count). The fourth-order valence-corrected chi connectivity index (χ4v) is 5.34. The molecule has 1 aliphatic rings. The van der Waals surface area contributed by atoms with Gasteiger partial charge in [0.15, 0.2) is 0 Å². The number of nitrogens with zero attached hydrogens (tertiary/aromatic N) is 5. The van der Waals surface area contributed by atoms with E-state index >= 15 is 0 Å². The van der Waals surface area contributed by atoms with Gasteiger partial charge in [-0.05, 0) is 45.2 Å². The highest BCUT2D eigenvalue weighted by molar-refractivity contribution is 7.92. The molecule has 4 heterocycles. The van der Waals surface area contributed by atoms with Gasteiger partial charge in [0.25, 0.3) is 15.9 Å². The van der Waals surface area contributed by atoms with Crippen molar-refractivity contribution in [2.45, 2.75) is 38.0 Å². The normalized spacial score (nSPS) is 15.1. The molecule has 0 saturated carbocycles. The van der Waals surface area contributed by atoms with Crippen LogP contribution >= 0.6 is 0 Å². The fourth-order valence-electron chi connectivity index (χ4n) is 3.85. The van der Waals surface area contributed by atoms with E-state index in [-0.39, 0.29) is 16.6 Å². The maximum Gasteiger partial charge on any atom is 0.266 e. The molecule has 1 saturated heterocycles. The molecule has 1 N–H and O–H groups in total. The first-order chi connectivity index (χ1) is 13.8. The Bertz CT molecular complexity index is 1190. The summed E-state index contributed by atoms with van der Waals surface area (Å²) in [5.41, 5.74) is 2.01. The molecule has 0 bridgehead atoms. The first-order valence-electron chi connectivity index (χ1n) is 9.58. The van der Waals surface area contributed by atoms with E-state index in [2.05, 4.69) is 14.9 Å². The second-order valence-electron chi connectivity index (χ2n) is 7.35. The van der Waals surface area contributed by atoms with E-state index in [0.717, 1.165) is 32.4 Å². The summed E-state index contributed by atoms with van der Waals surface area (Å²) in [6.45, 7) is 4.84. The van der Waals surface area contributed by atoms with Gasteiger partial charge < -0.3 is 4.90 Å². The number of nitrogens with one attached hydrogen (secondary N) is 1. The molecular weight excluding hydrogens is 392 g/mol. The highest BCUT2D eigenvalue weighted by atomic mass is 32.2. The molecule has 1 aliphatic heterocycles. The number of rotatable bonds is 4. The van der Waals surface area contributed by atoms with Gasteiger partial charge in [-0.2, -0.15) is 10.2 Å². The van der Waals surface area contributed by atoms with Crippen molar-refractivity contribution in [3.8, 4) is 0 Å². The topological polar surface area (TPSA) is 102 Å². The van der Waals surface area contributed by atoms with Crippen LogP contribution in [0.25, 0.3) is 5.52 Å². The highest BCUT2D eigenvalue weighted by Crippen LogP contribution is 2.24. The SMILES string of the molecule is Cc1nn(C)c(C)c1S(=O)(=O)Nc1cccc2c(C(=O)N3CCCCC3)cnn12. The lowest BCUT2D eigenvalue weighted by Gasteiger charge is -2.26. The van der Waals surface area contributed by atoms with E-state index in [9.17, 15) is 13.2 Å². The predicted molar refractivity (Wildman–Crippen MR) is 108 cm³/mol. The number of pyridine rings is 1. The molecule has 0 atom stereocenters. The Morgan fingerprint density at radius 2 is 1.86 bits per heavy atom. The Morgan fingerprint density at radius 1 is 1.14 bits per heavy atom. The summed E-state index contributed by atoms with van der Waals surface area (Å²) in [6, 6.07) is 5.10. The van der Waals surface area contributed by atoms with E-state index in [4.69, 9.17) is 0 Å². The third kappa shape index (κ3) is 3.37. The van der Waals surface area contributed by atoms with Crippen LogP contribution in [0.2, 0.25) is 0 Å². The van der Waals surface area contributed by atoms with Crippen LogP contribution in [-0.4, -0.2) is 51.7 Å². The summed E-state index contributed by atoms with van der Waals surface area (Å²) in [5, 5.41) is 8.47. The van der Waals surface area contributed by atoms with Crippen molar-refractivity contribution in [1.29, 1.82) is 0 Å². The number of carbonyl (C=O) groups is 1. The number of amides is 1. The first kappa shape index (κ1) is 19.4. The van der Waals surface area contributed by atoms with Crippen LogP contribution < -0.4 is 4.72 Å². The molecule has 0 spiro atoms. The number of carbonyl (C=O) groups excluding carboxylic acids is 1. The lowest BCUT2D eigenvalue weighted by atomic mass is 10.1. The van der Waals surface area contributed by atoms with Gasteiger partial charge in [-0.15, -0.1) is 0 Å². The minimum absolute atomic E-state index is 0.0707. The van der Waals surface area contributed by atoms with E-state index in [1.54, 1.807) is 39.1 Å². The zero-order valence-electron chi connectivity index (χ0n) is 16.7. The fraction of sp³-hybridized carbons (Fsp3) is 0.421. The number of likely N-dealkylation sites (tertiary alicyclic amines) is 1. The summed E-state index contributed by atoms with van der Waals surface area (Å²) in [4.78, 5) is 14.9. The van der Waals surface area contributed by atoms with Crippen LogP contribution in [0.1, 0.15) is 41.0 Å². The van der Waals surface area contributed by atoms with Crippen LogP contribution in [0, 0.1) is 13.8 Å². The lowest BCUT2D eigenvalue weighted by Crippen LogP contribution is -2.35. The number of aromatic nitrogens is 4. The van der Waals surface area contributed by atoms with Crippen LogP contribution in [0.3, 0.4) is 0 Å². The van der Waals surface area contributed by atoms with E-state index in [0.29, 0.717) is 22.5 Å².